The van der Waals surface area contributed by atoms with Gasteiger partial charge in [0.25, 0.3) is 5.91 Å². The molecule has 1 atom stereocenters. The molecule has 1 aromatic heterocycles. The zero-order valence-electron chi connectivity index (χ0n) is 25.7. The number of amides is 1. The molecule has 6 rings (SSSR count). The van der Waals surface area contributed by atoms with E-state index in [1.54, 1.807) is 16.1 Å². The minimum Gasteiger partial charge on any atom is -0.380 e. The third-order valence-corrected chi connectivity index (χ3v) is 9.03. The molecule has 1 aliphatic carbocycles. The number of Topliss-reactive ketones (excluding diaryl/α,β-unsaturated/α-hetero) is 1. The molecule has 4 aliphatic rings. The number of hydrogen-bond donors (Lipinski definition) is 2. The van der Waals surface area contributed by atoms with Gasteiger partial charge >= 0.3 is 0 Å². The van der Waals surface area contributed by atoms with Crippen molar-refractivity contribution in [2.45, 2.75) is 70.8 Å². The van der Waals surface area contributed by atoms with Crippen molar-refractivity contribution in [2.75, 3.05) is 31.5 Å². The number of aliphatic hydroxyl groups is 1. The van der Waals surface area contributed by atoms with Crippen LogP contribution in [0, 0.1) is 12.8 Å². The van der Waals surface area contributed by atoms with E-state index in [1.807, 2.05) is 74.3 Å². The topological polar surface area (TPSA) is 115 Å². The fourth-order valence-corrected chi connectivity index (χ4v) is 6.15. The lowest BCUT2D eigenvalue weighted by Gasteiger charge is -2.41. The van der Waals surface area contributed by atoms with Crippen LogP contribution in [0.1, 0.15) is 69.5 Å². The van der Waals surface area contributed by atoms with Crippen LogP contribution < -0.4 is 5.32 Å². The fourth-order valence-electron chi connectivity index (χ4n) is 5.77. The van der Waals surface area contributed by atoms with E-state index in [0.29, 0.717) is 38.9 Å². The third-order valence-electron chi connectivity index (χ3n) is 8.51. The Balaban J connectivity index is 0.00000188. The summed E-state index contributed by atoms with van der Waals surface area (Å²) < 4.78 is 2.83. The van der Waals surface area contributed by atoms with Gasteiger partial charge in [-0.25, -0.2) is 4.68 Å². The minimum atomic E-state index is -1.16. The number of benzene rings is 1. The normalized spacial score (nSPS) is 22.2. The van der Waals surface area contributed by atoms with Gasteiger partial charge in [0.1, 0.15) is 11.4 Å². The van der Waals surface area contributed by atoms with E-state index in [4.69, 9.17) is 5.10 Å². The first-order chi connectivity index (χ1) is 21.3. The Morgan fingerprint density at radius 2 is 1.86 bits per heavy atom. The molecule has 4 heterocycles. The minimum absolute atomic E-state index is 0.0189. The molecule has 2 N–H and O–H groups in total. The molecule has 2 fully saturated rings. The number of nitrogens with zero attached hydrogens (tertiary/aromatic N) is 6. The number of fused-ring (bicyclic) bond motifs is 2. The van der Waals surface area contributed by atoms with Crippen LogP contribution in [0.3, 0.4) is 0 Å². The first-order valence-corrected chi connectivity index (χ1v) is 16.4. The Bertz CT molecular complexity index is 1460. The number of likely N-dealkylation sites (tertiary alicyclic amines) is 1. The van der Waals surface area contributed by atoms with Crippen molar-refractivity contribution in [1.29, 1.82) is 0 Å². The molecular weight excluding hydrogens is 622 g/mol. The Kier molecular flexibility index (Phi) is 10.2. The van der Waals surface area contributed by atoms with E-state index in [2.05, 4.69) is 31.3 Å². The number of aryl methyl sites for hydroxylation is 1. The summed E-state index contributed by atoms with van der Waals surface area (Å²) in [6.45, 7) is 7.86. The van der Waals surface area contributed by atoms with Gasteiger partial charge in [-0.3, -0.25) is 19.6 Å². The molecule has 11 heteroatoms. The number of aromatic nitrogens is 2. The predicted molar refractivity (Wildman–Crippen MR) is 177 cm³/mol. The molecule has 10 nitrogen and oxygen atoms in total. The lowest BCUT2D eigenvalue weighted by molar-refractivity contribution is -0.161. The van der Waals surface area contributed by atoms with Crippen LogP contribution in [0.2, 0.25) is 0 Å². The first-order valence-electron chi connectivity index (χ1n) is 15.6. The highest BCUT2D eigenvalue weighted by Gasteiger charge is 2.45. The van der Waals surface area contributed by atoms with Crippen molar-refractivity contribution in [3.05, 3.63) is 64.0 Å². The number of piperidine rings is 1. The summed E-state index contributed by atoms with van der Waals surface area (Å²) in [5.74, 6) is 0.274. The van der Waals surface area contributed by atoms with E-state index < -0.39 is 11.5 Å². The highest BCUT2D eigenvalue weighted by atomic mass is 79.9. The van der Waals surface area contributed by atoms with Crippen LogP contribution in [0.5, 0.6) is 0 Å². The highest BCUT2D eigenvalue weighted by molar-refractivity contribution is 9.11. The number of allylic oxidation sites excluding steroid dienone is 2. The van der Waals surface area contributed by atoms with E-state index in [-0.39, 0.29) is 24.2 Å². The van der Waals surface area contributed by atoms with Gasteiger partial charge in [0.05, 0.1) is 36.1 Å². The number of aliphatic imine (C=N–C) groups is 1. The smallest absolute Gasteiger partial charge is 0.254 e. The van der Waals surface area contributed by atoms with E-state index in [9.17, 15) is 14.7 Å². The second-order valence-corrected chi connectivity index (χ2v) is 12.6. The van der Waals surface area contributed by atoms with Crippen molar-refractivity contribution in [3.8, 4) is 5.69 Å². The highest BCUT2D eigenvalue weighted by Crippen LogP contribution is 2.36. The van der Waals surface area contributed by atoms with Crippen LogP contribution in [-0.4, -0.2) is 80.7 Å². The van der Waals surface area contributed by atoms with Crippen molar-refractivity contribution in [1.82, 2.24) is 19.7 Å². The van der Waals surface area contributed by atoms with Crippen molar-refractivity contribution in [3.63, 3.8) is 0 Å². The Labute approximate surface area is 267 Å². The van der Waals surface area contributed by atoms with Gasteiger partial charge in [0.2, 0.25) is 0 Å². The van der Waals surface area contributed by atoms with Gasteiger partial charge in [0.15, 0.2) is 5.78 Å². The molecule has 1 saturated carbocycles. The van der Waals surface area contributed by atoms with E-state index in [0.717, 1.165) is 52.2 Å². The number of halogens is 1. The molecule has 1 saturated heterocycles. The van der Waals surface area contributed by atoms with Gasteiger partial charge in [-0.1, -0.05) is 47.5 Å². The van der Waals surface area contributed by atoms with Crippen LogP contribution in [-0.2, 0) is 9.59 Å². The van der Waals surface area contributed by atoms with Gasteiger partial charge in [-0.2, -0.15) is 10.2 Å². The molecule has 2 bridgehead atoms. The number of nitrogens with one attached hydrogen (secondary N) is 1. The van der Waals surface area contributed by atoms with Crippen molar-refractivity contribution in [2.24, 2.45) is 16.0 Å². The van der Waals surface area contributed by atoms with Gasteiger partial charge in [0, 0.05) is 54.6 Å². The quantitative estimate of drug-likeness (QED) is 0.414. The molecule has 1 unspecified atom stereocenters. The number of carbonyl (C=O) groups excluding carboxylic acids is 2. The van der Waals surface area contributed by atoms with Crippen LogP contribution in [0.4, 0.5) is 5.82 Å². The monoisotopic (exact) mass is 663 g/mol. The van der Waals surface area contributed by atoms with Gasteiger partial charge < -0.3 is 15.3 Å². The number of hydrogen-bond acceptors (Lipinski definition) is 8. The molecule has 1 aromatic carbocycles. The average Bonchev–Trinajstić information content (AvgIpc) is 3.32. The maximum atomic E-state index is 13.4. The number of hydrazone groups is 1. The molecule has 3 aliphatic heterocycles. The van der Waals surface area contributed by atoms with Gasteiger partial charge in [-0.05, 0) is 57.2 Å². The second-order valence-electron chi connectivity index (χ2n) is 11.6. The second kappa shape index (κ2) is 14.0. The summed E-state index contributed by atoms with van der Waals surface area (Å²) in [7, 11) is 0. The fraction of sp³-hybridized carbons (Fsp3) is 0.485. The summed E-state index contributed by atoms with van der Waals surface area (Å²) in [6, 6.07) is 10.1. The number of ketones is 1. The molecule has 44 heavy (non-hydrogen) atoms. The molecular formula is C33H42BrN7O3. The summed E-state index contributed by atoms with van der Waals surface area (Å²) in [5, 5.41) is 25.1. The Morgan fingerprint density at radius 3 is 2.55 bits per heavy atom. The first kappa shape index (κ1) is 31.8. The Hall–Kier alpha value is -3.57. The molecule has 0 spiro atoms. The molecule has 234 valence electrons. The standard InChI is InChI=1S/C31H36BrN7O3.C2H6/c1-21-3-5-26(6-4-21)39-29(16-27(36-39)22-8-13-37(14-9-22)30(41)31(42)10-2-11-31)34-18-28(40)23-15-25-20-38(35-17-23)19-24(32)7-12-33-25;1-2/h3-6,12,15-17,19,22-23,34,42H,2,7-11,13-14,18,20H2,1H3;1-2H3/b24-19+,33-12?;. The maximum absolute atomic E-state index is 13.4. The summed E-state index contributed by atoms with van der Waals surface area (Å²) in [4.78, 5) is 32.5. The van der Waals surface area contributed by atoms with Crippen molar-refractivity contribution < 1.29 is 14.7 Å². The van der Waals surface area contributed by atoms with Crippen LogP contribution >= 0.6 is 15.9 Å². The molecule has 0 radical (unpaired) electrons. The summed E-state index contributed by atoms with van der Waals surface area (Å²) in [6.07, 6.45) is 11.6. The SMILES string of the molecule is CC.Cc1ccc(-n2nc(C3CCN(C(=O)C4(O)CCC4)CC3)cc2NCC(=O)C2C=NN3/C=C(/Br)CC=NC(=C2)C3)cc1. The maximum Gasteiger partial charge on any atom is 0.254 e. The third kappa shape index (κ3) is 7.21. The average molecular weight is 665 g/mol. The molecule has 2 aromatic rings. The number of carbonyl (C=O) groups is 2. The van der Waals surface area contributed by atoms with E-state index in [1.165, 1.54) is 0 Å². The lowest BCUT2D eigenvalue weighted by atomic mass is 9.78. The summed E-state index contributed by atoms with van der Waals surface area (Å²) in [5.41, 5.74) is 2.64. The van der Waals surface area contributed by atoms with Crippen molar-refractivity contribution >= 4 is 45.9 Å². The zero-order chi connectivity index (χ0) is 31.3. The van der Waals surface area contributed by atoms with Gasteiger partial charge in [-0.15, -0.1) is 0 Å². The number of anilines is 1. The van der Waals surface area contributed by atoms with Crippen LogP contribution in [0.25, 0.3) is 5.69 Å². The summed E-state index contributed by atoms with van der Waals surface area (Å²) >= 11 is 3.52. The van der Waals surface area contributed by atoms with Crippen LogP contribution in [0.15, 0.2) is 62.9 Å². The largest absolute Gasteiger partial charge is 0.380 e. The molecule has 1 amide bonds. The zero-order valence-corrected chi connectivity index (χ0v) is 27.3. The predicted octanol–water partition coefficient (Wildman–Crippen LogP) is 5.32. The lowest BCUT2D eigenvalue weighted by Crippen LogP contribution is -2.54. The van der Waals surface area contributed by atoms with E-state index >= 15 is 0 Å². The number of rotatable bonds is 7. The Morgan fingerprint density at radius 1 is 1.14 bits per heavy atom.